The molecule has 1 aliphatic heterocycles. The van der Waals surface area contributed by atoms with Crippen LogP contribution in [0.1, 0.15) is 25.8 Å². The molecule has 128 valence electrons. The summed E-state index contributed by atoms with van der Waals surface area (Å²) in [7, 11) is 1.29. The van der Waals surface area contributed by atoms with Crippen molar-refractivity contribution in [3.8, 4) is 5.75 Å². The van der Waals surface area contributed by atoms with Crippen molar-refractivity contribution in [3.63, 3.8) is 0 Å². The molecule has 0 spiro atoms. The Morgan fingerprint density at radius 3 is 2.62 bits per heavy atom. The first-order chi connectivity index (χ1) is 11.5. The molecule has 0 radical (unpaired) electrons. The van der Waals surface area contributed by atoms with E-state index in [1.807, 2.05) is 31.2 Å². The molecule has 0 aliphatic carbocycles. The lowest BCUT2D eigenvalue weighted by molar-refractivity contribution is -0.147. The van der Waals surface area contributed by atoms with Gasteiger partial charge in [-0.25, -0.2) is 4.79 Å². The summed E-state index contributed by atoms with van der Waals surface area (Å²) < 4.78 is 10.6. The molecular weight excluding hydrogens is 346 g/mol. The molecule has 1 atom stereocenters. The number of ether oxygens (including phenoxy) is 2. The summed E-state index contributed by atoms with van der Waals surface area (Å²) in [6, 6.07) is 6.74. The van der Waals surface area contributed by atoms with E-state index in [4.69, 9.17) is 17.0 Å². The van der Waals surface area contributed by atoms with Gasteiger partial charge in [0.2, 0.25) is 0 Å². The van der Waals surface area contributed by atoms with Gasteiger partial charge in [-0.1, -0.05) is 43.0 Å². The summed E-state index contributed by atoms with van der Waals surface area (Å²) in [5.74, 6) is 0.0139. The van der Waals surface area contributed by atoms with Crippen LogP contribution in [-0.2, 0) is 14.3 Å². The van der Waals surface area contributed by atoms with Gasteiger partial charge in [0, 0.05) is 0 Å². The van der Waals surface area contributed by atoms with E-state index in [1.54, 1.807) is 13.0 Å². The minimum absolute atomic E-state index is 0.283. The molecule has 0 bridgehead atoms. The maximum absolute atomic E-state index is 12.5. The van der Waals surface area contributed by atoms with E-state index < -0.39 is 12.0 Å². The van der Waals surface area contributed by atoms with Gasteiger partial charge in [0.25, 0.3) is 5.91 Å². The number of thiocarbonyl (C=S) groups is 1. The van der Waals surface area contributed by atoms with E-state index in [2.05, 4.69) is 4.74 Å². The van der Waals surface area contributed by atoms with Crippen LogP contribution in [0, 0.1) is 0 Å². The molecular formula is C17H19NO4S2. The summed E-state index contributed by atoms with van der Waals surface area (Å²) in [6.45, 7) is 4.31. The second-order valence-electron chi connectivity index (χ2n) is 5.17. The third-order valence-electron chi connectivity index (χ3n) is 3.40. The molecule has 1 amide bonds. The minimum atomic E-state index is -0.738. The zero-order chi connectivity index (χ0) is 17.7. The molecule has 0 N–H and O–H groups in total. The van der Waals surface area contributed by atoms with E-state index in [0.29, 0.717) is 15.8 Å². The topological polar surface area (TPSA) is 55.8 Å². The molecule has 5 nitrogen and oxygen atoms in total. The number of nitrogens with zero attached hydrogens (tertiary/aromatic N) is 1. The number of thioether (sulfide) groups is 1. The van der Waals surface area contributed by atoms with Crippen molar-refractivity contribution < 1.29 is 19.1 Å². The highest BCUT2D eigenvalue weighted by Crippen LogP contribution is 2.34. The molecule has 1 aliphatic rings. The largest absolute Gasteiger partial charge is 0.494 e. The number of benzene rings is 1. The van der Waals surface area contributed by atoms with Crippen LogP contribution in [0.15, 0.2) is 29.2 Å². The lowest BCUT2D eigenvalue weighted by Crippen LogP contribution is -2.42. The van der Waals surface area contributed by atoms with Gasteiger partial charge in [0.05, 0.1) is 18.6 Å². The van der Waals surface area contributed by atoms with Crippen molar-refractivity contribution in [3.05, 3.63) is 34.7 Å². The number of hydrogen-bond acceptors (Lipinski definition) is 6. The van der Waals surface area contributed by atoms with Crippen molar-refractivity contribution in [2.45, 2.75) is 26.3 Å². The van der Waals surface area contributed by atoms with E-state index in [1.165, 1.54) is 23.8 Å². The van der Waals surface area contributed by atoms with Crippen molar-refractivity contribution in [2.24, 2.45) is 0 Å². The van der Waals surface area contributed by atoms with Gasteiger partial charge in [-0.05, 0) is 37.1 Å². The fraction of sp³-hybridized carbons (Fsp3) is 0.353. The van der Waals surface area contributed by atoms with E-state index in [9.17, 15) is 9.59 Å². The molecule has 0 aromatic heterocycles. The van der Waals surface area contributed by atoms with Crippen LogP contribution in [0.2, 0.25) is 0 Å². The Morgan fingerprint density at radius 1 is 1.38 bits per heavy atom. The highest BCUT2D eigenvalue weighted by atomic mass is 32.2. The highest BCUT2D eigenvalue weighted by molar-refractivity contribution is 8.26. The van der Waals surface area contributed by atoms with Crippen LogP contribution >= 0.6 is 24.0 Å². The molecule has 1 saturated heterocycles. The third-order valence-corrected chi connectivity index (χ3v) is 4.73. The number of carbonyl (C=O) groups excluding carboxylic acids is 2. The number of amides is 1. The van der Waals surface area contributed by atoms with E-state index >= 15 is 0 Å². The predicted molar refractivity (Wildman–Crippen MR) is 98.7 cm³/mol. The Labute approximate surface area is 151 Å². The van der Waals surface area contributed by atoms with Gasteiger partial charge >= 0.3 is 5.97 Å². The molecule has 1 aromatic carbocycles. The predicted octanol–water partition coefficient (Wildman–Crippen LogP) is 3.24. The zero-order valence-electron chi connectivity index (χ0n) is 13.8. The van der Waals surface area contributed by atoms with Crippen LogP contribution in [0.25, 0.3) is 6.08 Å². The molecule has 1 unspecified atom stereocenters. The van der Waals surface area contributed by atoms with Crippen LogP contribution in [0.3, 0.4) is 0 Å². The molecule has 0 saturated carbocycles. The maximum atomic E-state index is 12.5. The lowest BCUT2D eigenvalue weighted by Gasteiger charge is -2.20. The van der Waals surface area contributed by atoms with Gasteiger partial charge < -0.3 is 9.47 Å². The summed E-state index contributed by atoms with van der Waals surface area (Å²) >= 11 is 6.40. The van der Waals surface area contributed by atoms with Crippen molar-refractivity contribution in [2.75, 3.05) is 13.7 Å². The van der Waals surface area contributed by atoms with Crippen LogP contribution < -0.4 is 4.74 Å². The van der Waals surface area contributed by atoms with E-state index in [0.717, 1.165) is 17.7 Å². The normalized spacial score (nSPS) is 17.3. The number of methoxy groups -OCH3 is 1. The Morgan fingerprint density at radius 2 is 2.04 bits per heavy atom. The molecule has 2 rings (SSSR count). The summed E-state index contributed by atoms with van der Waals surface area (Å²) in [5.41, 5.74) is 0.866. The first-order valence-corrected chi connectivity index (χ1v) is 8.78. The fourth-order valence-corrected chi connectivity index (χ4v) is 3.54. The smallest absolute Gasteiger partial charge is 0.328 e. The quantitative estimate of drug-likeness (QED) is 0.438. The molecule has 1 aromatic rings. The van der Waals surface area contributed by atoms with Crippen LogP contribution in [0.5, 0.6) is 5.75 Å². The van der Waals surface area contributed by atoms with Gasteiger partial charge in [-0.15, -0.1) is 0 Å². The fourth-order valence-electron chi connectivity index (χ4n) is 2.12. The average Bonchev–Trinajstić information content (AvgIpc) is 2.86. The standard InChI is InChI=1S/C17H19NO4S2/c1-4-9-22-13-7-5-12(6-8-13)10-14-15(19)18(17(23)24-14)11(2)16(20)21-3/h5-8,10-11H,4,9H2,1-3H3/b14-10-. The SMILES string of the molecule is CCCOc1ccc(/C=C2\SC(=S)N(C(C)C(=O)OC)C2=O)cc1. The molecule has 1 heterocycles. The zero-order valence-corrected chi connectivity index (χ0v) is 15.4. The summed E-state index contributed by atoms with van der Waals surface area (Å²) in [5, 5.41) is 0. The first kappa shape index (κ1) is 18.5. The lowest BCUT2D eigenvalue weighted by atomic mass is 10.2. The number of carbonyl (C=O) groups is 2. The summed E-state index contributed by atoms with van der Waals surface area (Å²) in [4.78, 5) is 25.9. The highest BCUT2D eigenvalue weighted by Gasteiger charge is 2.38. The van der Waals surface area contributed by atoms with Gasteiger partial charge in [-0.3, -0.25) is 9.69 Å². The minimum Gasteiger partial charge on any atom is -0.494 e. The summed E-state index contributed by atoms with van der Waals surface area (Å²) in [6.07, 6.45) is 2.70. The Balaban J connectivity index is 2.15. The van der Waals surface area contributed by atoms with Gasteiger partial charge in [0.15, 0.2) is 0 Å². The van der Waals surface area contributed by atoms with Crippen LogP contribution in [-0.4, -0.2) is 40.9 Å². The first-order valence-electron chi connectivity index (χ1n) is 7.55. The van der Waals surface area contributed by atoms with Crippen molar-refractivity contribution in [1.29, 1.82) is 0 Å². The third kappa shape index (κ3) is 4.15. The van der Waals surface area contributed by atoms with Crippen LogP contribution in [0.4, 0.5) is 0 Å². The second kappa shape index (κ2) is 8.30. The number of rotatable bonds is 6. The van der Waals surface area contributed by atoms with Crippen molar-refractivity contribution >= 4 is 46.3 Å². The second-order valence-corrected chi connectivity index (χ2v) is 6.84. The Hall–Kier alpha value is -1.86. The maximum Gasteiger partial charge on any atom is 0.328 e. The number of esters is 1. The Bertz CT molecular complexity index is 670. The molecule has 24 heavy (non-hydrogen) atoms. The monoisotopic (exact) mass is 365 g/mol. The van der Waals surface area contributed by atoms with Gasteiger partial charge in [-0.2, -0.15) is 0 Å². The number of hydrogen-bond donors (Lipinski definition) is 0. The van der Waals surface area contributed by atoms with Gasteiger partial charge in [0.1, 0.15) is 16.1 Å². The Kier molecular flexibility index (Phi) is 6.39. The van der Waals surface area contributed by atoms with E-state index in [-0.39, 0.29) is 5.91 Å². The van der Waals surface area contributed by atoms with Crippen molar-refractivity contribution in [1.82, 2.24) is 4.90 Å². The molecule has 7 heteroatoms. The average molecular weight is 365 g/mol. The molecule has 1 fully saturated rings.